The Morgan fingerprint density at radius 2 is 1.62 bits per heavy atom. The maximum absolute atomic E-state index is 12.8. The fourth-order valence-corrected chi connectivity index (χ4v) is 6.14. The first-order chi connectivity index (χ1) is 17.6. The number of carbonyl (C=O) groups excluding carboxylic acids is 1. The van der Waals surface area contributed by atoms with Crippen LogP contribution in [0.2, 0.25) is 0 Å². The lowest BCUT2D eigenvalue weighted by Gasteiger charge is -2.48. The molecule has 0 spiro atoms. The molecular formula is C27H43NO8S. The SMILES string of the molecule is CCCCCCCCC[N+]1(C)[C@@H]2CC(OC(=O)[C@H](CO)c3ccccc3)C[C@H]1C1OC12.COS(=O)(=O)[O-]. The highest BCUT2D eigenvalue weighted by Crippen LogP contribution is 2.53. The monoisotopic (exact) mass is 541 g/mol. The first kappa shape index (κ1) is 30.0. The van der Waals surface area contributed by atoms with Crippen molar-refractivity contribution in [3.8, 4) is 0 Å². The maximum Gasteiger partial charge on any atom is 0.316 e. The second-order valence-electron chi connectivity index (χ2n) is 10.6. The second kappa shape index (κ2) is 13.5. The molecule has 7 atom stereocenters. The lowest BCUT2D eigenvalue weighted by molar-refractivity contribution is -0.956. The minimum atomic E-state index is -4.41. The van der Waals surface area contributed by atoms with Gasteiger partial charge in [-0.3, -0.25) is 8.98 Å². The average molecular weight is 542 g/mol. The number of morpholine rings is 1. The minimum absolute atomic E-state index is 0.0584. The van der Waals surface area contributed by atoms with Crippen LogP contribution in [0.3, 0.4) is 0 Å². The molecule has 0 radical (unpaired) electrons. The van der Waals surface area contributed by atoms with Gasteiger partial charge in [0.05, 0.1) is 27.3 Å². The number of nitrogens with zero attached hydrogens (tertiary/aromatic N) is 1. The molecule has 3 aliphatic rings. The summed E-state index contributed by atoms with van der Waals surface area (Å²) in [6.45, 7) is 3.26. The van der Waals surface area contributed by atoms with Crippen molar-refractivity contribution < 1.29 is 41.0 Å². The molecule has 3 aliphatic heterocycles. The summed E-state index contributed by atoms with van der Waals surface area (Å²) < 4.78 is 44.1. The van der Waals surface area contributed by atoms with Crippen molar-refractivity contribution in [1.82, 2.24) is 0 Å². The van der Waals surface area contributed by atoms with Gasteiger partial charge in [0.25, 0.3) is 0 Å². The highest BCUT2D eigenvalue weighted by Gasteiger charge is 2.71. The molecule has 0 aliphatic carbocycles. The van der Waals surface area contributed by atoms with E-state index in [2.05, 4.69) is 18.2 Å². The first-order valence-corrected chi connectivity index (χ1v) is 14.9. The van der Waals surface area contributed by atoms with Crippen molar-refractivity contribution in [3.63, 3.8) is 0 Å². The molecule has 1 aromatic carbocycles. The molecule has 10 heteroatoms. The molecule has 4 unspecified atom stereocenters. The summed E-state index contributed by atoms with van der Waals surface area (Å²) in [5, 5.41) is 9.79. The fourth-order valence-electron chi connectivity index (χ4n) is 6.14. The van der Waals surface area contributed by atoms with Crippen LogP contribution in [-0.2, 0) is 28.9 Å². The van der Waals surface area contributed by atoms with Gasteiger partial charge in [0.15, 0.2) is 0 Å². The average Bonchev–Trinajstić information content (AvgIpc) is 3.63. The molecule has 210 valence electrons. The number of aliphatic hydroxyl groups excluding tert-OH is 1. The predicted octanol–water partition coefficient (Wildman–Crippen LogP) is 3.28. The standard InChI is InChI=1S/C26H40NO4.CH4O4S/c1-3-4-5-6-7-8-12-15-27(2)22-16-20(17-23(27)25-24(22)31-25)30-26(29)21(18-28)19-13-10-9-11-14-19;1-5-6(2,3)4/h9-11,13-14,20-25,28H,3-8,12,15-18H2,1-2H3;1H3,(H,2,3,4)/q+1;/p-1/t20?,21-,22-,23+,24?,25?,27?;/m1./s1. The van der Waals surface area contributed by atoms with Crippen LogP contribution < -0.4 is 0 Å². The minimum Gasteiger partial charge on any atom is -0.726 e. The number of piperidine rings is 1. The first-order valence-electron chi connectivity index (χ1n) is 13.5. The van der Waals surface area contributed by atoms with E-state index in [0.717, 1.165) is 30.0 Å². The molecule has 3 fully saturated rings. The van der Waals surface area contributed by atoms with E-state index in [4.69, 9.17) is 9.47 Å². The van der Waals surface area contributed by atoms with E-state index in [9.17, 15) is 22.9 Å². The Labute approximate surface area is 221 Å². The Morgan fingerprint density at radius 3 is 2.14 bits per heavy atom. The summed E-state index contributed by atoms with van der Waals surface area (Å²) in [6.07, 6.45) is 11.8. The quantitative estimate of drug-likeness (QED) is 0.101. The topological polar surface area (TPSA) is 125 Å². The molecule has 0 amide bonds. The lowest BCUT2D eigenvalue weighted by atomic mass is 9.94. The van der Waals surface area contributed by atoms with Crippen LogP contribution in [0, 0.1) is 0 Å². The number of quaternary nitrogens is 1. The smallest absolute Gasteiger partial charge is 0.316 e. The van der Waals surface area contributed by atoms with Gasteiger partial charge in [-0.1, -0.05) is 69.4 Å². The van der Waals surface area contributed by atoms with Crippen LogP contribution in [0.4, 0.5) is 0 Å². The van der Waals surface area contributed by atoms with Crippen molar-refractivity contribution >= 4 is 16.4 Å². The van der Waals surface area contributed by atoms with Gasteiger partial charge in [-0.2, -0.15) is 0 Å². The Hall–Kier alpha value is -1.56. The van der Waals surface area contributed by atoms with Crippen molar-refractivity contribution in [3.05, 3.63) is 35.9 Å². The number of esters is 1. The molecule has 9 nitrogen and oxygen atoms in total. The van der Waals surface area contributed by atoms with Gasteiger partial charge in [-0.15, -0.1) is 0 Å². The van der Waals surface area contributed by atoms with Crippen LogP contribution in [0.5, 0.6) is 0 Å². The van der Waals surface area contributed by atoms with Crippen molar-refractivity contribution in [2.45, 2.75) is 101 Å². The number of fused-ring (bicyclic) bond motifs is 5. The van der Waals surface area contributed by atoms with E-state index in [0.29, 0.717) is 24.3 Å². The summed E-state index contributed by atoms with van der Waals surface area (Å²) in [7, 11) is -1.20. The van der Waals surface area contributed by atoms with Gasteiger partial charge in [0, 0.05) is 12.8 Å². The number of ether oxygens (including phenoxy) is 2. The molecule has 3 saturated heterocycles. The Balaban J connectivity index is 0.000000568. The molecule has 37 heavy (non-hydrogen) atoms. The third-order valence-electron chi connectivity index (χ3n) is 8.24. The summed E-state index contributed by atoms with van der Waals surface area (Å²) in [4.78, 5) is 12.8. The van der Waals surface area contributed by atoms with Crippen molar-refractivity contribution in [2.24, 2.45) is 0 Å². The number of likely N-dealkylation sites (N-methyl/N-ethyl adjacent to an activating group) is 1. The number of hydrogen-bond acceptors (Lipinski definition) is 8. The normalized spacial score (nSPS) is 30.6. The van der Waals surface area contributed by atoms with Crippen LogP contribution >= 0.6 is 0 Å². The largest absolute Gasteiger partial charge is 0.726 e. The van der Waals surface area contributed by atoms with Gasteiger partial charge < -0.3 is 23.6 Å². The van der Waals surface area contributed by atoms with Gasteiger partial charge in [-0.25, -0.2) is 8.42 Å². The molecule has 1 N–H and O–H groups in total. The zero-order chi connectivity index (χ0) is 27.1. The summed E-state index contributed by atoms with van der Waals surface area (Å²) >= 11 is 0. The summed E-state index contributed by atoms with van der Waals surface area (Å²) in [5.41, 5.74) is 0.819. The number of aliphatic hydroxyl groups is 1. The second-order valence-corrected chi connectivity index (χ2v) is 11.8. The Bertz CT molecular complexity index is 938. The van der Waals surface area contributed by atoms with Crippen LogP contribution in [-0.4, -0.2) is 86.2 Å². The van der Waals surface area contributed by atoms with E-state index in [1.807, 2.05) is 30.3 Å². The summed E-state index contributed by atoms with van der Waals surface area (Å²) in [5.74, 6) is -0.893. The summed E-state index contributed by atoms with van der Waals surface area (Å²) in [6, 6.07) is 10.3. The van der Waals surface area contributed by atoms with E-state index in [1.165, 1.54) is 51.5 Å². The molecule has 4 rings (SSSR count). The molecule has 0 saturated carbocycles. The third kappa shape index (κ3) is 7.97. The zero-order valence-corrected chi connectivity index (χ0v) is 23.1. The highest BCUT2D eigenvalue weighted by molar-refractivity contribution is 7.80. The molecular weight excluding hydrogens is 498 g/mol. The Morgan fingerprint density at radius 1 is 1.08 bits per heavy atom. The number of unbranched alkanes of at least 4 members (excludes halogenated alkanes) is 6. The number of hydrogen-bond donors (Lipinski definition) is 1. The molecule has 3 heterocycles. The van der Waals surface area contributed by atoms with E-state index in [-0.39, 0.29) is 18.7 Å². The molecule has 1 aromatic rings. The predicted molar refractivity (Wildman–Crippen MR) is 137 cm³/mol. The molecule has 0 aromatic heterocycles. The van der Waals surface area contributed by atoms with Gasteiger partial charge in [0.2, 0.25) is 10.4 Å². The van der Waals surface area contributed by atoms with Crippen molar-refractivity contribution in [1.29, 1.82) is 0 Å². The van der Waals surface area contributed by atoms with E-state index >= 15 is 0 Å². The van der Waals surface area contributed by atoms with Crippen LogP contribution in [0.1, 0.15) is 76.2 Å². The highest BCUT2D eigenvalue weighted by atomic mass is 32.3. The third-order valence-corrected chi connectivity index (χ3v) is 8.65. The maximum atomic E-state index is 12.8. The zero-order valence-electron chi connectivity index (χ0n) is 22.3. The Kier molecular flexibility index (Phi) is 10.9. The van der Waals surface area contributed by atoms with Gasteiger partial charge in [-0.05, 0) is 18.4 Å². The number of benzene rings is 1. The van der Waals surface area contributed by atoms with Crippen LogP contribution in [0.15, 0.2) is 30.3 Å². The number of rotatable bonds is 13. The van der Waals surface area contributed by atoms with Gasteiger partial charge >= 0.3 is 5.97 Å². The van der Waals surface area contributed by atoms with Crippen molar-refractivity contribution in [2.75, 3.05) is 27.3 Å². The fraction of sp³-hybridized carbons (Fsp3) is 0.741. The number of carbonyl (C=O) groups is 1. The van der Waals surface area contributed by atoms with Gasteiger partial charge in [0.1, 0.15) is 36.3 Å². The lowest BCUT2D eigenvalue weighted by Crippen LogP contribution is -2.62. The molecule has 2 bridgehead atoms. The van der Waals surface area contributed by atoms with Crippen LogP contribution in [0.25, 0.3) is 0 Å². The van der Waals surface area contributed by atoms with E-state index < -0.39 is 16.3 Å². The van der Waals surface area contributed by atoms with E-state index in [1.54, 1.807) is 0 Å². The number of epoxide rings is 1.